The molecule has 2 saturated carbocycles. The van der Waals surface area contributed by atoms with Crippen LogP contribution in [0.2, 0.25) is 0 Å². The Hall–Kier alpha value is -0.570. The first kappa shape index (κ1) is 13.9. The molecule has 0 spiro atoms. The van der Waals surface area contributed by atoms with Crippen LogP contribution < -0.4 is 5.32 Å². The van der Waals surface area contributed by atoms with Crippen LogP contribution in [0.25, 0.3) is 0 Å². The summed E-state index contributed by atoms with van der Waals surface area (Å²) in [6.45, 7) is 6.22. The Morgan fingerprint density at radius 1 is 1.22 bits per heavy atom. The third kappa shape index (κ3) is 4.27. The van der Waals surface area contributed by atoms with Crippen LogP contribution in [0.5, 0.6) is 0 Å². The Bertz CT molecular complexity index is 268. The van der Waals surface area contributed by atoms with Crippen molar-refractivity contribution in [1.29, 1.82) is 0 Å². The molecule has 2 aliphatic carbocycles. The fraction of sp³-hybridized carbons (Fsp3) is 0.933. The number of rotatable bonds is 7. The Morgan fingerprint density at radius 2 is 1.89 bits per heavy atom. The lowest BCUT2D eigenvalue weighted by molar-refractivity contribution is -0.134. The summed E-state index contributed by atoms with van der Waals surface area (Å²) in [5.74, 6) is 0.940. The average Bonchev–Trinajstić information content (AvgIpc) is 2.98. The van der Waals surface area contributed by atoms with Gasteiger partial charge in [0.15, 0.2) is 0 Å². The summed E-state index contributed by atoms with van der Waals surface area (Å²) in [5, 5.41) is 3.44. The maximum Gasteiger partial charge on any atom is 0.224 e. The molecule has 0 saturated heterocycles. The van der Waals surface area contributed by atoms with Gasteiger partial charge in [-0.3, -0.25) is 4.79 Å². The molecule has 0 aromatic heterocycles. The highest BCUT2D eigenvalue weighted by Crippen LogP contribution is 2.25. The summed E-state index contributed by atoms with van der Waals surface area (Å²) in [5.41, 5.74) is 0. The molecule has 2 aliphatic rings. The van der Waals surface area contributed by atoms with Crippen molar-refractivity contribution in [3.63, 3.8) is 0 Å². The SMILES string of the molecule is CC(C)CN(C(=O)CCNC1CC1)C1CCCC1. The van der Waals surface area contributed by atoms with E-state index in [0.29, 0.717) is 30.3 Å². The third-order valence-electron chi connectivity index (χ3n) is 4.00. The van der Waals surface area contributed by atoms with Gasteiger partial charge in [-0.25, -0.2) is 0 Å². The molecule has 0 unspecified atom stereocenters. The lowest BCUT2D eigenvalue weighted by Crippen LogP contribution is -2.42. The average molecular weight is 252 g/mol. The largest absolute Gasteiger partial charge is 0.339 e. The first-order valence-corrected chi connectivity index (χ1v) is 7.69. The minimum absolute atomic E-state index is 0.365. The summed E-state index contributed by atoms with van der Waals surface area (Å²) in [6, 6.07) is 1.24. The van der Waals surface area contributed by atoms with Gasteiger partial charge in [-0.1, -0.05) is 26.7 Å². The molecular weight excluding hydrogens is 224 g/mol. The molecule has 1 N–H and O–H groups in total. The fourth-order valence-corrected chi connectivity index (χ4v) is 2.88. The standard InChI is InChI=1S/C15H28N2O/c1-12(2)11-17(14-5-3-4-6-14)15(18)9-10-16-13-7-8-13/h12-14,16H,3-11H2,1-2H3. The lowest BCUT2D eigenvalue weighted by Gasteiger charge is -2.30. The van der Waals surface area contributed by atoms with E-state index >= 15 is 0 Å². The van der Waals surface area contributed by atoms with Gasteiger partial charge in [0.05, 0.1) is 0 Å². The van der Waals surface area contributed by atoms with E-state index in [9.17, 15) is 4.79 Å². The monoisotopic (exact) mass is 252 g/mol. The van der Waals surface area contributed by atoms with Crippen molar-refractivity contribution in [2.75, 3.05) is 13.1 Å². The first-order chi connectivity index (χ1) is 8.66. The summed E-state index contributed by atoms with van der Waals surface area (Å²) in [4.78, 5) is 14.5. The van der Waals surface area contributed by atoms with Gasteiger partial charge >= 0.3 is 0 Å². The molecule has 3 heteroatoms. The van der Waals surface area contributed by atoms with E-state index in [1.54, 1.807) is 0 Å². The van der Waals surface area contributed by atoms with Gasteiger partial charge in [0, 0.05) is 31.6 Å². The van der Waals surface area contributed by atoms with Gasteiger partial charge in [0.1, 0.15) is 0 Å². The van der Waals surface area contributed by atoms with Crippen LogP contribution in [0.3, 0.4) is 0 Å². The van der Waals surface area contributed by atoms with E-state index in [2.05, 4.69) is 24.1 Å². The quantitative estimate of drug-likeness (QED) is 0.755. The Kier molecular flexibility index (Phi) is 5.04. The molecule has 0 atom stereocenters. The zero-order valence-corrected chi connectivity index (χ0v) is 12.0. The Labute approximate surface area is 111 Å². The number of nitrogens with one attached hydrogen (secondary N) is 1. The van der Waals surface area contributed by atoms with E-state index in [1.807, 2.05) is 0 Å². The van der Waals surface area contributed by atoms with Crippen LogP contribution in [0.1, 0.15) is 58.8 Å². The van der Waals surface area contributed by atoms with Crippen molar-refractivity contribution < 1.29 is 4.79 Å². The number of carbonyl (C=O) groups is 1. The number of hydrogen-bond donors (Lipinski definition) is 1. The maximum absolute atomic E-state index is 12.4. The van der Waals surface area contributed by atoms with E-state index in [-0.39, 0.29) is 0 Å². The molecule has 0 aliphatic heterocycles. The zero-order valence-electron chi connectivity index (χ0n) is 12.0. The van der Waals surface area contributed by atoms with Gasteiger partial charge < -0.3 is 10.2 Å². The second-order valence-corrected chi connectivity index (χ2v) is 6.36. The molecule has 0 aromatic rings. The molecule has 0 bridgehead atoms. The van der Waals surface area contributed by atoms with Crippen LogP contribution in [-0.4, -0.2) is 36.0 Å². The van der Waals surface area contributed by atoms with Crippen molar-refractivity contribution >= 4 is 5.91 Å². The van der Waals surface area contributed by atoms with Crippen molar-refractivity contribution in [2.45, 2.75) is 70.9 Å². The maximum atomic E-state index is 12.4. The number of hydrogen-bond acceptors (Lipinski definition) is 2. The summed E-state index contributed by atoms with van der Waals surface area (Å²) < 4.78 is 0. The van der Waals surface area contributed by atoms with Gasteiger partial charge in [-0.05, 0) is 31.6 Å². The van der Waals surface area contributed by atoms with E-state index in [1.165, 1.54) is 38.5 Å². The zero-order chi connectivity index (χ0) is 13.0. The highest BCUT2D eigenvalue weighted by Gasteiger charge is 2.27. The second kappa shape index (κ2) is 6.55. The normalized spacial score (nSPS) is 20.6. The molecule has 3 nitrogen and oxygen atoms in total. The minimum atomic E-state index is 0.365. The van der Waals surface area contributed by atoms with Crippen LogP contribution in [0.15, 0.2) is 0 Å². The van der Waals surface area contributed by atoms with Gasteiger partial charge in [0.25, 0.3) is 0 Å². The van der Waals surface area contributed by atoms with Gasteiger partial charge in [0.2, 0.25) is 5.91 Å². The number of carbonyl (C=O) groups excluding carboxylic acids is 1. The molecule has 0 heterocycles. The molecule has 1 amide bonds. The van der Waals surface area contributed by atoms with Crippen molar-refractivity contribution in [3.8, 4) is 0 Å². The topological polar surface area (TPSA) is 32.3 Å². The minimum Gasteiger partial charge on any atom is -0.339 e. The molecule has 2 rings (SSSR count). The number of nitrogens with zero attached hydrogens (tertiary/aromatic N) is 1. The Balaban J connectivity index is 1.78. The van der Waals surface area contributed by atoms with E-state index in [4.69, 9.17) is 0 Å². The summed E-state index contributed by atoms with van der Waals surface area (Å²) >= 11 is 0. The van der Waals surface area contributed by atoms with E-state index in [0.717, 1.165) is 13.1 Å². The molecular formula is C15H28N2O. The van der Waals surface area contributed by atoms with Crippen LogP contribution >= 0.6 is 0 Å². The highest BCUT2D eigenvalue weighted by molar-refractivity contribution is 5.76. The molecule has 0 radical (unpaired) electrons. The molecule has 104 valence electrons. The predicted molar refractivity (Wildman–Crippen MR) is 74.4 cm³/mol. The fourth-order valence-electron chi connectivity index (χ4n) is 2.88. The summed E-state index contributed by atoms with van der Waals surface area (Å²) in [7, 11) is 0. The Morgan fingerprint density at radius 3 is 2.44 bits per heavy atom. The number of amides is 1. The van der Waals surface area contributed by atoms with Crippen molar-refractivity contribution in [3.05, 3.63) is 0 Å². The molecule has 2 fully saturated rings. The third-order valence-corrected chi connectivity index (χ3v) is 4.00. The van der Waals surface area contributed by atoms with Crippen molar-refractivity contribution in [2.24, 2.45) is 5.92 Å². The van der Waals surface area contributed by atoms with E-state index < -0.39 is 0 Å². The first-order valence-electron chi connectivity index (χ1n) is 7.69. The van der Waals surface area contributed by atoms with Crippen LogP contribution in [0.4, 0.5) is 0 Å². The van der Waals surface area contributed by atoms with Crippen LogP contribution in [-0.2, 0) is 4.79 Å². The lowest BCUT2D eigenvalue weighted by atomic mass is 10.1. The second-order valence-electron chi connectivity index (χ2n) is 6.36. The van der Waals surface area contributed by atoms with Gasteiger partial charge in [-0.15, -0.1) is 0 Å². The highest BCUT2D eigenvalue weighted by atomic mass is 16.2. The predicted octanol–water partition coefficient (Wildman–Crippen LogP) is 2.56. The summed E-state index contributed by atoms with van der Waals surface area (Å²) in [6.07, 6.45) is 8.31. The molecule has 0 aromatic carbocycles. The molecule has 18 heavy (non-hydrogen) atoms. The van der Waals surface area contributed by atoms with Gasteiger partial charge in [-0.2, -0.15) is 0 Å². The van der Waals surface area contributed by atoms with Crippen LogP contribution in [0, 0.1) is 5.92 Å². The van der Waals surface area contributed by atoms with Crippen molar-refractivity contribution in [1.82, 2.24) is 10.2 Å². The smallest absolute Gasteiger partial charge is 0.224 e.